The molecule has 0 N–H and O–H groups in total. The average molecular weight is 291 g/mol. The quantitative estimate of drug-likeness (QED) is 0.870. The van der Waals surface area contributed by atoms with E-state index >= 15 is 0 Å². The summed E-state index contributed by atoms with van der Waals surface area (Å²) in [6, 6.07) is 1.88. The van der Waals surface area contributed by atoms with E-state index in [0.717, 1.165) is 36.5 Å². The normalized spacial score (nSPS) is 14.9. The highest BCUT2D eigenvalue weighted by Gasteiger charge is 2.23. The number of fused-ring (bicyclic) bond motifs is 1. The second-order valence-corrected chi connectivity index (χ2v) is 5.64. The van der Waals surface area contributed by atoms with Crippen molar-refractivity contribution in [3.63, 3.8) is 0 Å². The number of ether oxygens (including phenoxy) is 1. The maximum Gasteiger partial charge on any atom is 0.255 e. The third kappa shape index (κ3) is 2.48. The summed E-state index contributed by atoms with van der Waals surface area (Å²) in [6.07, 6.45) is 2.80. The summed E-state index contributed by atoms with van der Waals surface area (Å²) in [6.45, 7) is 2.78. The molecule has 0 aromatic carbocycles. The average Bonchev–Trinajstić information content (AvgIpc) is 3.05. The Morgan fingerprint density at radius 2 is 2.40 bits per heavy atom. The molecule has 3 rings (SSSR count). The Labute approximate surface area is 121 Å². The lowest BCUT2D eigenvalue weighted by Gasteiger charge is -2.20. The second kappa shape index (κ2) is 5.76. The Kier molecular flexibility index (Phi) is 3.84. The van der Waals surface area contributed by atoms with Crippen LogP contribution in [-0.2, 0) is 24.4 Å². The van der Waals surface area contributed by atoms with Crippen LogP contribution in [-0.4, -0.2) is 34.0 Å². The molecule has 0 fully saturated rings. The zero-order valence-electron chi connectivity index (χ0n) is 11.4. The molecule has 20 heavy (non-hydrogen) atoms. The van der Waals surface area contributed by atoms with Crippen LogP contribution >= 0.6 is 11.3 Å². The van der Waals surface area contributed by atoms with Crippen LogP contribution in [0.5, 0.6) is 0 Å². The Balaban J connectivity index is 1.85. The number of carbonyl (C=O) groups excluding carboxylic acids is 1. The van der Waals surface area contributed by atoms with Gasteiger partial charge in [-0.25, -0.2) is 4.98 Å². The first-order valence-corrected chi connectivity index (χ1v) is 7.57. The lowest BCUT2D eigenvalue weighted by atomic mass is 10.2. The van der Waals surface area contributed by atoms with Gasteiger partial charge in [-0.2, -0.15) is 11.3 Å². The first-order valence-electron chi connectivity index (χ1n) is 6.63. The number of carbonyl (C=O) groups is 1. The van der Waals surface area contributed by atoms with Crippen LogP contribution in [0.15, 0.2) is 23.2 Å². The van der Waals surface area contributed by atoms with Crippen LogP contribution in [0.25, 0.3) is 0 Å². The summed E-state index contributed by atoms with van der Waals surface area (Å²) in [5.41, 5.74) is 2.79. The molecule has 1 amide bonds. The van der Waals surface area contributed by atoms with Crippen molar-refractivity contribution >= 4 is 17.2 Å². The smallest absolute Gasteiger partial charge is 0.255 e. The monoisotopic (exact) mass is 291 g/mol. The lowest BCUT2D eigenvalue weighted by Crippen LogP contribution is -2.30. The van der Waals surface area contributed by atoms with Gasteiger partial charge in [-0.1, -0.05) is 0 Å². The predicted molar refractivity (Wildman–Crippen MR) is 76.6 cm³/mol. The van der Waals surface area contributed by atoms with E-state index in [2.05, 4.69) is 9.55 Å². The molecule has 5 nitrogen and oxygen atoms in total. The number of imidazole rings is 1. The lowest BCUT2D eigenvalue weighted by molar-refractivity contribution is 0.0744. The molecular weight excluding hydrogens is 274 g/mol. The number of rotatable bonds is 3. The predicted octanol–water partition coefficient (Wildman–Crippen LogP) is 2.14. The molecule has 0 aliphatic carbocycles. The number of nitrogens with zero attached hydrogens (tertiary/aromatic N) is 3. The minimum atomic E-state index is 0.101. The maximum absolute atomic E-state index is 12.5. The largest absolute Gasteiger partial charge is 0.378 e. The third-order valence-electron chi connectivity index (χ3n) is 3.54. The number of amides is 1. The van der Waals surface area contributed by atoms with Gasteiger partial charge in [0.2, 0.25) is 0 Å². The van der Waals surface area contributed by atoms with Crippen LogP contribution in [0, 0.1) is 0 Å². The molecule has 3 heterocycles. The van der Waals surface area contributed by atoms with Gasteiger partial charge in [-0.15, -0.1) is 0 Å². The Morgan fingerprint density at radius 1 is 1.50 bits per heavy atom. The summed E-state index contributed by atoms with van der Waals surface area (Å²) in [7, 11) is 1.66. The minimum Gasteiger partial charge on any atom is -0.378 e. The highest BCUT2D eigenvalue weighted by molar-refractivity contribution is 7.08. The fraction of sp³-hybridized carbons (Fsp3) is 0.429. The van der Waals surface area contributed by atoms with Gasteiger partial charge in [0.15, 0.2) is 0 Å². The summed E-state index contributed by atoms with van der Waals surface area (Å²) in [5, 5.41) is 3.84. The Bertz CT molecular complexity index is 592. The van der Waals surface area contributed by atoms with Gasteiger partial charge < -0.3 is 14.2 Å². The van der Waals surface area contributed by atoms with Gasteiger partial charge in [0.1, 0.15) is 0 Å². The molecule has 6 heteroatoms. The van der Waals surface area contributed by atoms with Crippen molar-refractivity contribution in [3.8, 4) is 0 Å². The molecular formula is C14H17N3O2S. The zero-order chi connectivity index (χ0) is 13.9. The Hall–Kier alpha value is -1.66. The van der Waals surface area contributed by atoms with Crippen molar-refractivity contribution in [2.45, 2.75) is 26.1 Å². The summed E-state index contributed by atoms with van der Waals surface area (Å²) < 4.78 is 7.32. The highest BCUT2D eigenvalue weighted by Crippen LogP contribution is 2.19. The van der Waals surface area contributed by atoms with Crippen molar-refractivity contribution in [1.29, 1.82) is 0 Å². The van der Waals surface area contributed by atoms with E-state index in [1.54, 1.807) is 18.4 Å². The number of hydrogen-bond acceptors (Lipinski definition) is 4. The van der Waals surface area contributed by atoms with E-state index in [1.165, 1.54) is 0 Å². The Morgan fingerprint density at radius 3 is 3.15 bits per heavy atom. The summed E-state index contributed by atoms with van der Waals surface area (Å²) in [5.74, 6) is 0.101. The maximum atomic E-state index is 12.5. The molecule has 0 saturated carbocycles. The van der Waals surface area contributed by atoms with E-state index in [9.17, 15) is 4.79 Å². The van der Waals surface area contributed by atoms with E-state index in [1.807, 2.05) is 28.1 Å². The molecule has 1 aliphatic rings. The van der Waals surface area contributed by atoms with Crippen LogP contribution in [0.4, 0.5) is 0 Å². The number of hydrogen-bond donors (Lipinski definition) is 0. The van der Waals surface area contributed by atoms with Gasteiger partial charge in [0.05, 0.1) is 36.4 Å². The number of methoxy groups -OCH3 is 1. The fourth-order valence-electron chi connectivity index (χ4n) is 2.52. The molecule has 0 atom stereocenters. The van der Waals surface area contributed by atoms with Crippen molar-refractivity contribution in [3.05, 3.63) is 40.1 Å². The van der Waals surface area contributed by atoms with E-state index in [0.29, 0.717) is 13.2 Å². The van der Waals surface area contributed by atoms with Gasteiger partial charge in [0.25, 0.3) is 5.91 Å². The first-order chi connectivity index (χ1) is 9.79. The second-order valence-electron chi connectivity index (χ2n) is 4.86. The van der Waals surface area contributed by atoms with Crippen molar-refractivity contribution in [2.75, 3.05) is 13.7 Å². The molecule has 0 unspecified atom stereocenters. The fourth-order valence-corrected chi connectivity index (χ4v) is 3.14. The standard InChI is InChI=1S/C14H17N3O2S/c1-19-8-12-13-7-16(4-2-5-17(13)10-15-12)14(18)11-3-6-20-9-11/h3,6,9-10H,2,4-5,7-8H2,1H3. The molecule has 0 spiro atoms. The van der Waals surface area contributed by atoms with Gasteiger partial charge in [-0.3, -0.25) is 4.79 Å². The van der Waals surface area contributed by atoms with Gasteiger partial charge in [0, 0.05) is 25.6 Å². The highest BCUT2D eigenvalue weighted by atomic mass is 32.1. The van der Waals surface area contributed by atoms with Crippen molar-refractivity contribution in [1.82, 2.24) is 14.5 Å². The molecule has 0 radical (unpaired) electrons. The molecule has 0 bridgehead atoms. The van der Waals surface area contributed by atoms with E-state index in [-0.39, 0.29) is 5.91 Å². The third-order valence-corrected chi connectivity index (χ3v) is 4.22. The first kappa shape index (κ1) is 13.3. The number of thiophene rings is 1. The molecule has 1 aliphatic heterocycles. The molecule has 106 valence electrons. The molecule has 2 aromatic rings. The van der Waals surface area contributed by atoms with Gasteiger partial charge in [-0.05, 0) is 17.9 Å². The van der Waals surface area contributed by atoms with Crippen molar-refractivity contribution < 1.29 is 9.53 Å². The van der Waals surface area contributed by atoms with Crippen LogP contribution in [0.2, 0.25) is 0 Å². The summed E-state index contributed by atoms with van der Waals surface area (Å²) >= 11 is 1.55. The van der Waals surface area contributed by atoms with Crippen LogP contribution in [0.1, 0.15) is 28.2 Å². The topological polar surface area (TPSA) is 47.4 Å². The minimum absolute atomic E-state index is 0.101. The van der Waals surface area contributed by atoms with Crippen LogP contribution < -0.4 is 0 Å². The summed E-state index contributed by atoms with van der Waals surface area (Å²) in [4.78, 5) is 18.8. The number of aromatic nitrogens is 2. The van der Waals surface area contributed by atoms with E-state index in [4.69, 9.17) is 4.74 Å². The van der Waals surface area contributed by atoms with Crippen LogP contribution in [0.3, 0.4) is 0 Å². The SMILES string of the molecule is COCc1ncn2c1CN(C(=O)c1ccsc1)CCC2. The van der Waals surface area contributed by atoms with Crippen molar-refractivity contribution in [2.24, 2.45) is 0 Å². The number of aryl methyl sites for hydroxylation is 1. The van der Waals surface area contributed by atoms with E-state index < -0.39 is 0 Å². The zero-order valence-corrected chi connectivity index (χ0v) is 12.2. The van der Waals surface area contributed by atoms with Gasteiger partial charge >= 0.3 is 0 Å². The molecule has 2 aromatic heterocycles. The molecule has 0 saturated heterocycles.